The Hall–Kier alpha value is -1.74. The number of hydrogen-bond acceptors (Lipinski definition) is 2. The van der Waals surface area contributed by atoms with Gasteiger partial charge < -0.3 is 5.32 Å². The Morgan fingerprint density at radius 1 is 1.17 bits per heavy atom. The summed E-state index contributed by atoms with van der Waals surface area (Å²) in [4.78, 5) is 12.7. The van der Waals surface area contributed by atoms with Crippen molar-refractivity contribution in [3.63, 3.8) is 0 Å². The Balaban J connectivity index is 1.98. The van der Waals surface area contributed by atoms with Gasteiger partial charge in [0.2, 0.25) is 0 Å². The van der Waals surface area contributed by atoms with Gasteiger partial charge in [-0.05, 0) is 30.7 Å². The molecule has 18 heavy (non-hydrogen) atoms. The van der Waals surface area contributed by atoms with Gasteiger partial charge in [-0.1, -0.05) is 35.9 Å². The summed E-state index contributed by atoms with van der Waals surface area (Å²) in [6.45, 7) is 2.58. The van der Waals surface area contributed by atoms with Crippen molar-refractivity contribution < 1.29 is 4.79 Å². The highest BCUT2D eigenvalue weighted by atomic mass is 32.1. The standard InChI is InChI=1S/C15H15NOS/c1-11-5-7-12(8-6-11)10-16-15(17)13-3-2-4-14(18)9-13/h2-9,18H,10H2,1H3,(H,16,17). The molecule has 0 saturated heterocycles. The van der Waals surface area contributed by atoms with E-state index in [0.29, 0.717) is 12.1 Å². The molecule has 1 amide bonds. The van der Waals surface area contributed by atoms with Gasteiger partial charge in [0.05, 0.1) is 0 Å². The van der Waals surface area contributed by atoms with Crippen LogP contribution < -0.4 is 5.32 Å². The molecule has 1 N–H and O–H groups in total. The Morgan fingerprint density at radius 2 is 1.89 bits per heavy atom. The molecule has 0 fully saturated rings. The molecule has 0 atom stereocenters. The van der Waals surface area contributed by atoms with E-state index in [4.69, 9.17) is 0 Å². The van der Waals surface area contributed by atoms with Crippen molar-refractivity contribution in [1.29, 1.82) is 0 Å². The summed E-state index contributed by atoms with van der Waals surface area (Å²) in [6, 6.07) is 15.3. The number of hydrogen-bond donors (Lipinski definition) is 2. The normalized spacial score (nSPS) is 10.1. The van der Waals surface area contributed by atoms with Crippen LogP contribution in [-0.4, -0.2) is 5.91 Å². The van der Waals surface area contributed by atoms with E-state index in [2.05, 4.69) is 17.9 Å². The van der Waals surface area contributed by atoms with Gasteiger partial charge >= 0.3 is 0 Å². The molecule has 0 unspecified atom stereocenters. The summed E-state index contributed by atoms with van der Waals surface area (Å²) in [5.41, 5.74) is 2.94. The topological polar surface area (TPSA) is 29.1 Å². The molecule has 0 saturated carbocycles. The summed E-state index contributed by atoms with van der Waals surface area (Å²) >= 11 is 4.22. The van der Waals surface area contributed by atoms with Gasteiger partial charge in [0.1, 0.15) is 0 Å². The van der Waals surface area contributed by atoms with Crippen LogP contribution in [-0.2, 0) is 6.54 Å². The van der Waals surface area contributed by atoms with Crippen LogP contribution in [0.2, 0.25) is 0 Å². The van der Waals surface area contributed by atoms with Crippen LogP contribution >= 0.6 is 12.6 Å². The van der Waals surface area contributed by atoms with Gasteiger partial charge in [-0.15, -0.1) is 12.6 Å². The quantitative estimate of drug-likeness (QED) is 0.812. The molecule has 0 heterocycles. The molecule has 0 aromatic heterocycles. The van der Waals surface area contributed by atoms with Crippen molar-refractivity contribution in [2.45, 2.75) is 18.4 Å². The number of nitrogens with one attached hydrogen (secondary N) is 1. The highest BCUT2D eigenvalue weighted by Crippen LogP contribution is 2.09. The van der Waals surface area contributed by atoms with Crippen molar-refractivity contribution in [3.8, 4) is 0 Å². The minimum absolute atomic E-state index is 0.0773. The van der Waals surface area contributed by atoms with Crippen LogP contribution in [0.15, 0.2) is 53.4 Å². The summed E-state index contributed by atoms with van der Waals surface area (Å²) in [5.74, 6) is -0.0773. The first-order valence-electron chi connectivity index (χ1n) is 5.78. The smallest absolute Gasteiger partial charge is 0.251 e. The zero-order chi connectivity index (χ0) is 13.0. The lowest BCUT2D eigenvalue weighted by atomic mass is 10.1. The van der Waals surface area contributed by atoms with E-state index in [-0.39, 0.29) is 5.91 Å². The van der Waals surface area contributed by atoms with Crippen molar-refractivity contribution in [2.75, 3.05) is 0 Å². The SMILES string of the molecule is Cc1ccc(CNC(=O)c2cccc(S)c2)cc1. The Labute approximate surface area is 112 Å². The second-order valence-corrected chi connectivity index (χ2v) is 4.74. The molecule has 0 aliphatic rings. The third-order valence-electron chi connectivity index (χ3n) is 2.68. The Morgan fingerprint density at radius 3 is 2.56 bits per heavy atom. The molecule has 3 heteroatoms. The lowest BCUT2D eigenvalue weighted by Crippen LogP contribution is -2.22. The molecular weight excluding hydrogens is 242 g/mol. The lowest BCUT2D eigenvalue weighted by molar-refractivity contribution is 0.0950. The monoisotopic (exact) mass is 257 g/mol. The van der Waals surface area contributed by atoms with E-state index in [9.17, 15) is 4.79 Å². The zero-order valence-electron chi connectivity index (χ0n) is 10.2. The molecule has 92 valence electrons. The number of aryl methyl sites for hydroxylation is 1. The highest BCUT2D eigenvalue weighted by molar-refractivity contribution is 7.80. The van der Waals surface area contributed by atoms with E-state index < -0.39 is 0 Å². The zero-order valence-corrected chi connectivity index (χ0v) is 11.1. The van der Waals surface area contributed by atoms with Gasteiger partial charge in [0.15, 0.2) is 0 Å². The van der Waals surface area contributed by atoms with Crippen molar-refractivity contribution in [2.24, 2.45) is 0 Å². The largest absolute Gasteiger partial charge is 0.348 e. The van der Waals surface area contributed by atoms with E-state index in [1.54, 1.807) is 12.1 Å². The maximum atomic E-state index is 11.9. The van der Waals surface area contributed by atoms with Gasteiger partial charge in [-0.2, -0.15) is 0 Å². The first-order valence-corrected chi connectivity index (χ1v) is 6.22. The number of carbonyl (C=O) groups is 1. The van der Waals surface area contributed by atoms with Gasteiger partial charge in [-0.3, -0.25) is 4.79 Å². The average Bonchev–Trinajstić information content (AvgIpc) is 2.38. The van der Waals surface area contributed by atoms with Gasteiger partial charge in [0, 0.05) is 17.0 Å². The molecule has 0 spiro atoms. The Kier molecular flexibility index (Phi) is 4.05. The predicted octanol–water partition coefficient (Wildman–Crippen LogP) is 3.21. The number of rotatable bonds is 3. The Bertz CT molecular complexity index is 549. The van der Waals surface area contributed by atoms with Gasteiger partial charge in [-0.25, -0.2) is 0 Å². The molecule has 2 rings (SSSR count). The first-order chi connectivity index (χ1) is 8.65. The minimum Gasteiger partial charge on any atom is -0.348 e. The minimum atomic E-state index is -0.0773. The van der Waals surface area contributed by atoms with Crippen molar-refractivity contribution >= 4 is 18.5 Å². The summed E-state index contributed by atoms with van der Waals surface area (Å²) in [7, 11) is 0. The fraction of sp³-hybridized carbons (Fsp3) is 0.133. The van der Waals surface area contributed by atoms with Crippen LogP contribution in [0.5, 0.6) is 0 Å². The predicted molar refractivity (Wildman–Crippen MR) is 76.0 cm³/mol. The summed E-state index contributed by atoms with van der Waals surface area (Å²) in [5, 5.41) is 2.89. The van der Waals surface area contributed by atoms with Crippen LogP contribution in [0.1, 0.15) is 21.5 Å². The van der Waals surface area contributed by atoms with Crippen LogP contribution in [0.4, 0.5) is 0 Å². The molecule has 0 radical (unpaired) electrons. The van der Waals surface area contributed by atoms with E-state index in [0.717, 1.165) is 10.5 Å². The number of carbonyl (C=O) groups excluding carboxylic acids is 1. The second kappa shape index (κ2) is 5.74. The maximum Gasteiger partial charge on any atom is 0.251 e. The molecule has 2 aromatic rings. The van der Waals surface area contributed by atoms with Crippen LogP contribution in [0.3, 0.4) is 0 Å². The molecule has 2 aromatic carbocycles. The lowest BCUT2D eigenvalue weighted by Gasteiger charge is -2.06. The van der Waals surface area contributed by atoms with Gasteiger partial charge in [0.25, 0.3) is 5.91 Å². The first kappa shape index (κ1) is 12.7. The molecule has 0 aliphatic heterocycles. The molecular formula is C15H15NOS. The van der Waals surface area contributed by atoms with E-state index in [1.165, 1.54) is 5.56 Å². The fourth-order valence-electron chi connectivity index (χ4n) is 1.64. The van der Waals surface area contributed by atoms with Crippen LogP contribution in [0, 0.1) is 6.92 Å². The third-order valence-corrected chi connectivity index (χ3v) is 2.96. The molecule has 2 nitrogen and oxygen atoms in total. The third kappa shape index (κ3) is 3.37. The van der Waals surface area contributed by atoms with Crippen molar-refractivity contribution in [3.05, 3.63) is 65.2 Å². The number of benzene rings is 2. The van der Waals surface area contributed by atoms with E-state index in [1.807, 2.05) is 43.3 Å². The summed E-state index contributed by atoms with van der Waals surface area (Å²) in [6.07, 6.45) is 0. The average molecular weight is 257 g/mol. The van der Waals surface area contributed by atoms with Crippen LogP contribution in [0.25, 0.3) is 0 Å². The van der Waals surface area contributed by atoms with Crippen molar-refractivity contribution in [1.82, 2.24) is 5.32 Å². The number of amides is 1. The summed E-state index contributed by atoms with van der Waals surface area (Å²) < 4.78 is 0. The molecule has 0 bridgehead atoms. The fourth-order valence-corrected chi connectivity index (χ4v) is 1.86. The van der Waals surface area contributed by atoms with E-state index >= 15 is 0 Å². The highest BCUT2D eigenvalue weighted by Gasteiger charge is 2.04. The second-order valence-electron chi connectivity index (χ2n) is 4.22. The number of thiol groups is 1. The maximum absolute atomic E-state index is 11.9. The molecule has 0 aliphatic carbocycles.